The molecule has 3 atom stereocenters. The Labute approximate surface area is 86.4 Å². The lowest BCUT2D eigenvalue weighted by atomic mass is 9.96. The molecule has 0 radical (unpaired) electrons. The van der Waals surface area contributed by atoms with Crippen LogP contribution in [-0.4, -0.2) is 18.0 Å². The SMILES string of the molecule is CC(C)C(C)C(=O)NC1CCCC1N. The van der Waals surface area contributed by atoms with Crippen molar-refractivity contribution < 1.29 is 4.79 Å². The molecule has 0 saturated heterocycles. The third kappa shape index (κ3) is 2.71. The van der Waals surface area contributed by atoms with E-state index in [4.69, 9.17) is 5.73 Å². The van der Waals surface area contributed by atoms with Crippen LogP contribution in [0.2, 0.25) is 0 Å². The average Bonchev–Trinajstić information content (AvgIpc) is 2.50. The molecule has 3 unspecified atom stereocenters. The number of nitrogens with two attached hydrogens (primary N) is 1. The topological polar surface area (TPSA) is 55.1 Å². The number of rotatable bonds is 3. The van der Waals surface area contributed by atoms with Gasteiger partial charge in [-0.3, -0.25) is 4.79 Å². The second-order valence-electron chi connectivity index (χ2n) is 4.74. The molecular formula is C11H22N2O. The Morgan fingerprint density at radius 2 is 2.00 bits per heavy atom. The lowest BCUT2D eigenvalue weighted by Gasteiger charge is -2.21. The molecule has 3 N–H and O–H groups in total. The molecule has 0 bridgehead atoms. The van der Waals surface area contributed by atoms with Crippen LogP contribution in [0.1, 0.15) is 40.0 Å². The Morgan fingerprint density at radius 1 is 1.36 bits per heavy atom. The van der Waals surface area contributed by atoms with Crippen molar-refractivity contribution >= 4 is 5.91 Å². The monoisotopic (exact) mass is 198 g/mol. The van der Waals surface area contributed by atoms with Gasteiger partial charge >= 0.3 is 0 Å². The minimum atomic E-state index is 0.0859. The summed E-state index contributed by atoms with van der Waals surface area (Å²) in [7, 11) is 0. The van der Waals surface area contributed by atoms with E-state index in [2.05, 4.69) is 19.2 Å². The standard InChI is InChI=1S/C11H22N2O/c1-7(2)8(3)11(14)13-10-6-4-5-9(10)12/h7-10H,4-6,12H2,1-3H3,(H,13,14). The molecule has 1 aliphatic carbocycles. The van der Waals surface area contributed by atoms with Crippen LogP contribution >= 0.6 is 0 Å². The number of carbonyl (C=O) groups excluding carboxylic acids is 1. The van der Waals surface area contributed by atoms with Crippen molar-refractivity contribution in [3.63, 3.8) is 0 Å². The molecule has 0 aromatic rings. The summed E-state index contributed by atoms with van der Waals surface area (Å²) < 4.78 is 0. The minimum absolute atomic E-state index is 0.0859. The van der Waals surface area contributed by atoms with Crippen LogP contribution in [0.15, 0.2) is 0 Å². The maximum Gasteiger partial charge on any atom is 0.223 e. The van der Waals surface area contributed by atoms with Crippen LogP contribution in [0.4, 0.5) is 0 Å². The number of carbonyl (C=O) groups is 1. The highest BCUT2D eigenvalue weighted by Gasteiger charge is 2.27. The number of nitrogens with one attached hydrogen (secondary N) is 1. The van der Waals surface area contributed by atoms with Gasteiger partial charge in [0.2, 0.25) is 5.91 Å². The maximum absolute atomic E-state index is 11.7. The summed E-state index contributed by atoms with van der Waals surface area (Å²) in [6, 6.07) is 0.377. The van der Waals surface area contributed by atoms with Crippen molar-refractivity contribution in [1.82, 2.24) is 5.32 Å². The predicted octanol–water partition coefficient (Wildman–Crippen LogP) is 1.27. The van der Waals surface area contributed by atoms with Gasteiger partial charge < -0.3 is 11.1 Å². The first-order valence-corrected chi connectivity index (χ1v) is 5.58. The van der Waals surface area contributed by atoms with E-state index in [0.717, 1.165) is 19.3 Å². The number of amides is 1. The van der Waals surface area contributed by atoms with Crippen LogP contribution in [0, 0.1) is 11.8 Å². The molecule has 1 fully saturated rings. The van der Waals surface area contributed by atoms with E-state index in [1.807, 2.05) is 6.92 Å². The Balaban J connectivity index is 2.40. The molecule has 0 aromatic heterocycles. The molecule has 0 spiro atoms. The highest BCUT2D eigenvalue weighted by molar-refractivity contribution is 5.78. The Bertz CT molecular complexity index is 203. The van der Waals surface area contributed by atoms with Crippen LogP contribution in [-0.2, 0) is 4.79 Å². The van der Waals surface area contributed by atoms with Crippen molar-refractivity contribution in [2.45, 2.75) is 52.1 Å². The molecule has 0 aliphatic heterocycles. The van der Waals surface area contributed by atoms with E-state index in [0.29, 0.717) is 5.92 Å². The number of hydrogen-bond acceptors (Lipinski definition) is 2. The summed E-state index contributed by atoms with van der Waals surface area (Å²) in [6.07, 6.45) is 3.22. The van der Waals surface area contributed by atoms with Gasteiger partial charge in [0.15, 0.2) is 0 Å². The quantitative estimate of drug-likeness (QED) is 0.717. The zero-order valence-electron chi connectivity index (χ0n) is 9.42. The second-order valence-corrected chi connectivity index (χ2v) is 4.74. The molecule has 3 nitrogen and oxygen atoms in total. The summed E-state index contributed by atoms with van der Waals surface area (Å²) in [4.78, 5) is 11.7. The van der Waals surface area contributed by atoms with Gasteiger partial charge in [0.1, 0.15) is 0 Å². The van der Waals surface area contributed by atoms with Crippen LogP contribution in [0.25, 0.3) is 0 Å². The lowest BCUT2D eigenvalue weighted by Crippen LogP contribution is -2.46. The van der Waals surface area contributed by atoms with E-state index >= 15 is 0 Å². The molecule has 3 heteroatoms. The van der Waals surface area contributed by atoms with E-state index < -0.39 is 0 Å². The summed E-state index contributed by atoms with van der Waals surface area (Å²) in [5, 5.41) is 3.05. The summed E-state index contributed by atoms with van der Waals surface area (Å²) in [5.74, 6) is 0.637. The first-order chi connectivity index (χ1) is 6.52. The fraction of sp³-hybridized carbons (Fsp3) is 0.909. The van der Waals surface area contributed by atoms with Crippen molar-refractivity contribution in [1.29, 1.82) is 0 Å². The fourth-order valence-corrected chi connectivity index (χ4v) is 1.78. The van der Waals surface area contributed by atoms with Gasteiger partial charge in [-0.05, 0) is 25.2 Å². The van der Waals surface area contributed by atoms with Crippen molar-refractivity contribution in [3.8, 4) is 0 Å². The van der Waals surface area contributed by atoms with E-state index in [1.54, 1.807) is 0 Å². The fourth-order valence-electron chi connectivity index (χ4n) is 1.78. The van der Waals surface area contributed by atoms with Crippen LogP contribution in [0.5, 0.6) is 0 Å². The largest absolute Gasteiger partial charge is 0.352 e. The van der Waals surface area contributed by atoms with Crippen molar-refractivity contribution in [2.75, 3.05) is 0 Å². The molecule has 1 rings (SSSR count). The van der Waals surface area contributed by atoms with E-state index in [1.165, 1.54) is 0 Å². The highest BCUT2D eigenvalue weighted by atomic mass is 16.1. The molecule has 0 heterocycles. The maximum atomic E-state index is 11.7. The molecule has 1 aliphatic rings. The summed E-state index contributed by atoms with van der Waals surface area (Å²) >= 11 is 0. The van der Waals surface area contributed by atoms with E-state index in [-0.39, 0.29) is 23.9 Å². The molecule has 1 saturated carbocycles. The molecular weight excluding hydrogens is 176 g/mol. The first-order valence-electron chi connectivity index (χ1n) is 5.58. The Kier molecular flexibility index (Phi) is 3.93. The van der Waals surface area contributed by atoms with Gasteiger partial charge in [0.25, 0.3) is 0 Å². The van der Waals surface area contributed by atoms with Gasteiger partial charge in [0.05, 0.1) is 0 Å². The van der Waals surface area contributed by atoms with Gasteiger partial charge in [-0.15, -0.1) is 0 Å². The normalized spacial score (nSPS) is 29.2. The third-order valence-electron chi connectivity index (χ3n) is 3.31. The zero-order valence-corrected chi connectivity index (χ0v) is 9.42. The Hall–Kier alpha value is -0.570. The Morgan fingerprint density at radius 3 is 2.43 bits per heavy atom. The second kappa shape index (κ2) is 4.78. The smallest absolute Gasteiger partial charge is 0.223 e. The zero-order chi connectivity index (χ0) is 10.7. The molecule has 0 aromatic carbocycles. The minimum Gasteiger partial charge on any atom is -0.352 e. The van der Waals surface area contributed by atoms with Gasteiger partial charge in [0, 0.05) is 18.0 Å². The molecule has 82 valence electrons. The summed E-state index contributed by atoms with van der Waals surface area (Å²) in [5.41, 5.74) is 5.89. The van der Waals surface area contributed by atoms with Gasteiger partial charge in [-0.25, -0.2) is 0 Å². The predicted molar refractivity (Wildman–Crippen MR) is 57.8 cm³/mol. The lowest BCUT2D eigenvalue weighted by molar-refractivity contribution is -0.126. The molecule has 1 amide bonds. The third-order valence-corrected chi connectivity index (χ3v) is 3.31. The van der Waals surface area contributed by atoms with Crippen molar-refractivity contribution in [3.05, 3.63) is 0 Å². The average molecular weight is 198 g/mol. The molecule has 14 heavy (non-hydrogen) atoms. The van der Waals surface area contributed by atoms with Crippen LogP contribution < -0.4 is 11.1 Å². The highest BCUT2D eigenvalue weighted by Crippen LogP contribution is 2.18. The van der Waals surface area contributed by atoms with E-state index in [9.17, 15) is 4.79 Å². The van der Waals surface area contributed by atoms with Crippen LogP contribution in [0.3, 0.4) is 0 Å². The van der Waals surface area contributed by atoms with Gasteiger partial charge in [-0.1, -0.05) is 20.8 Å². The van der Waals surface area contributed by atoms with Gasteiger partial charge in [-0.2, -0.15) is 0 Å². The van der Waals surface area contributed by atoms with Crippen molar-refractivity contribution in [2.24, 2.45) is 17.6 Å². The summed E-state index contributed by atoms with van der Waals surface area (Å²) in [6.45, 7) is 6.11. The first kappa shape index (κ1) is 11.5. The number of hydrogen-bond donors (Lipinski definition) is 2.